The van der Waals surface area contributed by atoms with Crippen LogP contribution in [0.2, 0.25) is 0 Å². The quantitative estimate of drug-likeness (QED) is 0.675. The molecular weight excluding hydrogens is 340 g/mol. The lowest BCUT2D eigenvalue weighted by molar-refractivity contribution is 0.176. The van der Waals surface area contributed by atoms with Crippen LogP contribution in [-0.4, -0.2) is 37.2 Å². The van der Waals surface area contributed by atoms with Gasteiger partial charge in [0.05, 0.1) is 23.3 Å². The van der Waals surface area contributed by atoms with E-state index in [1.807, 2.05) is 12.1 Å². The Kier molecular flexibility index (Phi) is 5.01. The number of aromatic nitrogens is 4. The average Bonchev–Trinajstić information content (AvgIpc) is 3.09. The van der Waals surface area contributed by atoms with E-state index in [2.05, 4.69) is 30.9 Å². The average molecular weight is 364 g/mol. The van der Waals surface area contributed by atoms with E-state index in [0.717, 1.165) is 54.3 Å². The number of nitrogens with one attached hydrogen (secondary N) is 1. The first kappa shape index (κ1) is 17.8. The van der Waals surface area contributed by atoms with E-state index in [1.54, 1.807) is 19.3 Å². The van der Waals surface area contributed by atoms with Crippen LogP contribution in [0.5, 0.6) is 0 Å². The SMILES string of the molecule is C[C@@H](O)c1nc2cnc3cccnc3c2n1[C@H]1CC[C@H](NCCC#N)CC1. The second kappa shape index (κ2) is 7.59. The fraction of sp³-hybridized carbons (Fsp3) is 0.500. The molecule has 3 aromatic heterocycles. The molecule has 1 aliphatic carbocycles. The molecule has 1 aliphatic rings. The maximum absolute atomic E-state index is 10.3. The maximum atomic E-state index is 10.3. The number of nitriles is 1. The van der Waals surface area contributed by atoms with Crippen molar-refractivity contribution in [2.75, 3.05) is 6.54 Å². The van der Waals surface area contributed by atoms with Crippen molar-refractivity contribution in [2.24, 2.45) is 0 Å². The molecule has 1 atom stereocenters. The van der Waals surface area contributed by atoms with Crippen LogP contribution in [0.1, 0.15) is 57.0 Å². The molecule has 27 heavy (non-hydrogen) atoms. The third kappa shape index (κ3) is 3.38. The van der Waals surface area contributed by atoms with E-state index in [1.165, 1.54) is 0 Å². The van der Waals surface area contributed by atoms with Crippen LogP contribution in [0, 0.1) is 11.3 Å². The predicted octanol–water partition coefficient (Wildman–Crippen LogP) is 3.02. The number of pyridine rings is 2. The van der Waals surface area contributed by atoms with Crippen LogP contribution in [0.3, 0.4) is 0 Å². The fourth-order valence-electron chi connectivity index (χ4n) is 4.14. The third-order valence-corrected chi connectivity index (χ3v) is 5.41. The Hall–Kier alpha value is -2.56. The first-order valence-electron chi connectivity index (χ1n) is 9.59. The van der Waals surface area contributed by atoms with Gasteiger partial charge < -0.3 is 15.0 Å². The molecule has 7 nitrogen and oxygen atoms in total. The number of imidazole rings is 1. The first-order chi connectivity index (χ1) is 13.2. The molecule has 0 unspecified atom stereocenters. The molecule has 4 rings (SSSR count). The highest BCUT2D eigenvalue weighted by atomic mass is 16.3. The van der Waals surface area contributed by atoms with Gasteiger partial charge in [-0.05, 0) is 44.7 Å². The molecule has 0 aliphatic heterocycles. The van der Waals surface area contributed by atoms with Crippen molar-refractivity contribution in [3.05, 3.63) is 30.4 Å². The molecule has 0 radical (unpaired) electrons. The van der Waals surface area contributed by atoms with E-state index >= 15 is 0 Å². The molecule has 2 N–H and O–H groups in total. The van der Waals surface area contributed by atoms with Crippen molar-refractivity contribution >= 4 is 22.1 Å². The molecule has 1 saturated carbocycles. The number of hydrogen-bond donors (Lipinski definition) is 2. The Bertz CT molecular complexity index is 981. The normalized spacial score (nSPS) is 21.4. The Labute approximate surface area is 158 Å². The van der Waals surface area contributed by atoms with E-state index in [4.69, 9.17) is 5.26 Å². The van der Waals surface area contributed by atoms with Gasteiger partial charge in [-0.1, -0.05) is 0 Å². The third-order valence-electron chi connectivity index (χ3n) is 5.41. The summed E-state index contributed by atoms with van der Waals surface area (Å²) in [6, 6.07) is 6.75. The van der Waals surface area contributed by atoms with Crippen molar-refractivity contribution in [1.29, 1.82) is 5.26 Å². The van der Waals surface area contributed by atoms with Crippen LogP contribution in [0.4, 0.5) is 0 Å². The van der Waals surface area contributed by atoms with Gasteiger partial charge in [-0.15, -0.1) is 0 Å². The van der Waals surface area contributed by atoms with Gasteiger partial charge in [0.2, 0.25) is 0 Å². The van der Waals surface area contributed by atoms with Crippen molar-refractivity contribution in [3.8, 4) is 6.07 Å². The zero-order valence-electron chi connectivity index (χ0n) is 15.5. The standard InChI is InChI=1S/C20H24N6O/c1-13(27)20-25-17-12-24-16-4-2-10-23-18(16)19(17)26(20)15-7-5-14(6-8-15)22-11-3-9-21/h2,4,10,12-15,22,27H,3,5-8,11H2,1H3/t13-,14-,15-/m1/s1. The van der Waals surface area contributed by atoms with E-state index in [-0.39, 0.29) is 6.04 Å². The van der Waals surface area contributed by atoms with Gasteiger partial charge in [0.1, 0.15) is 23.0 Å². The van der Waals surface area contributed by atoms with Gasteiger partial charge >= 0.3 is 0 Å². The smallest absolute Gasteiger partial charge is 0.138 e. The number of nitrogens with zero attached hydrogens (tertiary/aromatic N) is 5. The summed E-state index contributed by atoms with van der Waals surface area (Å²) in [5.74, 6) is 0.686. The number of aliphatic hydroxyl groups is 1. The molecule has 0 aromatic carbocycles. The molecule has 3 aromatic rings. The highest BCUT2D eigenvalue weighted by Gasteiger charge is 2.28. The largest absolute Gasteiger partial charge is 0.385 e. The van der Waals surface area contributed by atoms with Crippen LogP contribution in [-0.2, 0) is 0 Å². The Morgan fingerprint density at radius 3 is 2.85 bits per heavy atom. The zero-order chi connectivity index (χ0) is 18.8. The van der Waals surface area contributed by atoms with Crippen molar-refractivity contribution in [1.82, 2.24) is 24.8 Å². The summed E-state index contributed by atoms with van der Waals surface area (Å²) < 4.78 is 2.20. The minimum absolute atomic E-state index is 0.279. The molecule has 7 heteroatoms. The van der Waals surface area contributed by atoms with Gasteiger partial charge in [0.25, 0.3) is 0 Å². The van der Waals surface area contributed by atoms with E-state index in [0.29, 0.717) is 18.3 Å². The molecule has 0 bridgehead atoms. The van der Waals surface area contributed by atoms with E-state index in [9.17, 15) is 5.11 Å². The molecular formula is C20H24N6O. The van der Waals surface area contributed by atoms with Crippen LogP contribution < -0.4 is 5.32 Å². The number of hydrogen-bond acceptors (Lipinski definition) is 6. The van der Waals surface area contributed by atoms with Crippen LogP contribution >= 0.6 is 0 Å². The zero-order valence-corrected chi connectivity index (χ0v) is 15.5. The van der Waals surface area contributed by atoms with Crippen LogP contribution in [0.15, 0.2) is 24.5 Å². The first-order valence-corrected chi connectivity index (χ1v) is 9.59. The van der Waals surface area contributed by atoms with Gasteiger partial charge in [-0.25, -0.2) is 4.98 Å². The molecule has 0 saturated heterocycles. The summed E-state index contributed by atoms with van der Waals surface area (Å²) in [6.07, 6.45) is 7.55. The monoisotopic (exact) mass is 364 g/mol. The topological polar surface area (TPSA) is 99.7 Å². The summed E-state index contributed by atoms with van der Waals surface area (Å²) >= 11 is 0. The lowest BCUT2D eigenvalue weighted by Gasteiger charge is -2.31. The van der Waals surface area contributed by atoms with Gasteiger partial charge in [-0.2, -0.15) is 5.26 Å². The lowest BCUT2D eigenvalue weighted by Crippen LogP contribution is -2.34. The lowest BCUT2D eigenvalue weighted by atomic mass is 9.90. The number of fused-ring (bicyclic) bond motifs is 3. The van der Waals surface area contributed by atoms with Gasteiger partial charge in [0, 0.05) is 31.2 Å². The molecule has 140 valence electrons. The Morgan fingerprint density at radius 1 is 1.30 bits per heavy atom. The highest BCUT2D eigenvalue weighted by Crippen LogP contribution is 2.36. The summed E-state index contributed by atoms with van der Waals surface area (Å²) in [6.45, 7) is 2.51. The summed E-state index contributed by atoms with van der Waals surface area (Å²) in [4.78, 5) is 13.7. The van der Waals surface area contributed by atoms with Crippen molar-refractivity contribution < 1.29 is 5.11 Å². The second-order valence-electron chi connectivity index (χ2n) is 7.25. The fourth-order valence-corrected chi connectivity index (χ4v) is 4.14. The molecule has 3 heterocycles. The van der Waals surface area contributed by atoms with Crippen LogP contribution in [0.25, 0.3) is 22.1 Å². The number of rotatable bonds is 5. The second-order valence-corrected chi connectivity index (χ2v) is 7.25. The summed E-state index contributed by atoms with van der Waals surface area (Å²) in [7, 11) is 0. The Morgan fingerprint density at radius 2 is 2.11 bits per heavy atom. The number of aliphatic hydroxyl groups excluding tert-OH is 1. The molecule has 0 amide bonds. The highest BCUT2D eigenvalue weighted by molar-refractivity contribution is 5.99. The minimum atomic E-state index is -0.650. The summed E-state index contributed by atoms with van der Waals surface area (Å²) in [5.41, 5.74) is 3.43. The van der Waals surface area contributed by atoms with Gasteiger partial charge in [-0.3, -0.25) is 9.97 Å². The Balaban J connectivity index is 1.69. The maximum Gasteiger partial charge on any atom is 0.138 e. The molecule has 1 fully saturated rings. The minimum Gasteiger partial charge on any atom is -0.385 e. The molecule has 0 spiro atoms. The predicted molar refractivity (Wildman–Crippen MR) is 103 cm³/mol. The van der Waals surface area contributed by atoms with Crippen molar-refractivity contribution in [3.63, 3.8) is 0 Å². The summed E-state index contributed by atoms with van der Waals surface area (Å²) in [5, 5.41) is 22.5. The van der Waals surface area contributed by atoms with Crippen molar-refractivity contribution in [2.45, 2.75) is 57.2 Å². The van der Waals surface area contributed by atoms with E-state index < -0.39 is 6.10 Å². The van der Waals surface area contributed by atoms with Gasteiger partial charge in [0.15, 0.2) is 0 Å².